The Morgan fingerprint density at radius 1 is 0.134 bits per heavy atom. The van der Waals surface area contributed by atoms with Crippen molar-refractivity contribution in [2.45, 2.75) is 7.43 Å². The maximum Gasteiger partial charge on any atom is -0.000139 e. The summed E-state index contributed by atoms with van der Waals surface area (Å²) in [5.74, 6) is 0. The summed E-state index contributed by atoms with van der Waals surface area (Å²) in [6.45, 7) is 0. The van der Waals surface area contributed by atoms with Crippen LogP contribution in [0.15, 0.2) is 267 Å². The van der Waals surface area contributed by atoms with E-state index in [9.17, 15) is 0 Å². The molecule has 316 valence electrons. The summed E-state index contributed by atoms with van der Waals surface area (Å²) in [5.41, 5.74) is 19.4. The van der Waals surface area contributed by atoms with Gasteiger partial charge in [0.25, 0.3) is 0 Å². The second-order valence-electron chi connectivity index (χ2n) is 17.1. The van der Waals surface area contributed by atoms with Crippen LogP contribution in [0.4, 0.5) is 0 Å². The zero-order chi connectivity index (χ0) is 43.8. The van der Waals surface area contributed by atoms with E-state index in [0.29, 0.717) is 0 Å². The third-order valence-corrected chi connectivity index (χ3v) is 13.3. The van der Waals surface area contributed by atoms with Gasteiger partial charge in [-0.3, -0.25) is 0 Å². The van der Waals surface area contributed by atoms with Crippen LogP contribution in [0.25, 0.3) is 121 Å². The average Bonchev–Trinajstić information content (AvgIpc) is 3.41. The molecule has 0 heterocycles. The Balaban J connectivity index is 0.00000494. The molecule has 0 unspecified atom stereocenters. The quantitative estimate of drug-likeness (QED) is 0.134. The first-order chi connectivity index (χ1) is 32.8. The van der Waals surface area contributed by atoms with Crippen LogP contribution in [0, 0.1) is 0 Å². The zero-order valence-electron chi connectivity index (χ0n) is 36.4. The first-order valence-electron chi connectivity index (χ1n) is 22.8. The maximum atomic E-state index is 2.34. The molecule has 12 rings (SSSR count). The monoisotopic (exact) mass is 852 g/mol. The van der Waals surface area contributed by atoms with Crippen molar-refractivity contribution in [2.75, 3.05) is 0 Å². The predicted molar refractivity (Wildman–Crippen MR) is 289 cm³/mol. The Hall–Kier alpha value is -8.58. The summed E-state index contributed by atoms with van der Waals surface area (Å²) < 4.78 is 0. The highest BCUT2D eigenvalue weighted by atomic mass is 14.3. The van der Waals surface area contributed by atoms with Crippen molar-refractivity contribution in [2.24, 2.45) is 0 Å². The van der Waals surface area contributed by atoms with Crippen LogP contribution >= 0.6 is 0 Å². The van der Waals surface area contributed by atoms with Crippen molar-refractivity contribution in [3.8, 4) is 89.0 Å². The van der Waals surface area contributed by atoms with E-state index in [2.05, 4.69) is 267 Å². The summed E-state index contributed by atoms with van der Waals surface area (Å²) in [7, 11) is 0. The molecule has 0 heteroatoms. The zero-order valence-corrected chi connectivity index (χ0v) is 36.4. The second-order valence-corrected chi connectivity index (χ2v) is 17.1. The average molecular weight is 853 g/mol. The Bertz CT molecular complexity index is 3400. The normalized spacial score (nSPS) is 11.2. The molecule has 67 heavy (non-hydrogen) atoms. The van der Waals surface area contributed by atoms with Crippen LogP contribution in [-0.4, -0.2) is 0 Å². The Morgan fingerprint density at radius 3 is 0.507 bits per heavy atom. The molecule has 12 aromatic rings. The van der Waals surface area contributed by atoms with Crippen molar-refractivity contribution in [3.63, 3.8) is 0 Å². The molecular weight excluding hydrogens is 805 g/mol. The minimum atomic E-state index is 0. The van der Waals surface area contributed by atoms with E-state index in [1.807, 2.05) is 0 Å². The van der Waals surface area contributed by atoms with Gasteiger partial charge in [0.05, 0.1) is 0 Å². The van der Waals surface area contributed by atoms with Crippen LogP contribution in [0.5, 0.6) is 0 Å². The molecule has 0 bridgehead atoms. The lowest BCUT2D eigenvalue weighted by Gasteiger charge is -2.25. The maximum absolute atomic E-state index is 2.34. The molecular formula is C67H48. The fraction of sp³-hybridized carbons (Fsp3) is 0.0149. The summed E-state index contributed by atoms with van der Waals surface area (Å²) in [6, 6.07) is 97.8. The van der Waals surface area contributed by atoms with Crippen LogP contribution in [0.3, 0.4) is 0 Å². The minimum Gasteiger partial charge on any atom is -0.0776 e. The van der Waals surface area contributed by atoms with Gasteiger partial charge >= 0.3 is 0 Å². The van der Waals surface area contributed by atoms with Gasteiger partial charge in [0.2, 0.25) is 0 Å². The Labute approximate surface area is 393 Å². The molecule has 0 aliphatic heterocycles. The van der Waals surface area contributed by atoms with E-state index >= 15 is 0 Å². The lowest BCUT2D eigenvalue weighted by Crippen LogP contribution is -1.97. The molecule has 0 aliphatic rings. The summed E-state index contributed by atoms with van der Waals surface area (Å²) in [5, 5.41) is 7.45. The molecule has 0 aliphatic carbocycles. The van der Waals surface area contributed by atoms with Gasteiger partial charge in [-0.25, -0.2) is 0 Å². The van der Waals surface area contributed by atoms with E-state index in [1.54, 1.807) is 0 Å². The Kier molecular flexibility index (Phi) is 10.9. The van der Waals surface area contributed by atoms with E-state index < -0.39 is 0 Å². The van der Waals surface area contributed by atoms with Crippen molar-refractivity contribution < 1.29 is 0 Å². The van der Waals surface area contributed by atoms with Crippen LogP contribution in [0.2, 0.25) is 0 Å². The van der Waals surface area contributed by atoms with Gasteiger partial charge in [-0.2, -0.15) is 0 Å². The summed E-state index contributed by atoms with van der Waals surface area (Å²) >= 11 is 0. The van der Waals surface area contributed by atoms with E-state index in [0.717, 1.165) is 0 Å². The fourth-order valence-electron chi connectivity index (χ4n) is 10.2. The smallest absolute Gasteiger partial charge is 0.000139 e. The molecule has 0 fully saturated rings. The number of benzene rings is 12. The number of hydrogen-bond donors (Lipinski definition) is 0. The molecule has 12 aromatic carbocycles. The third-order valence-electron chi connectivity index (χ3n) is 13.3. The second kappa shape index (κ2) is 17.8. The van der Waals surface area contributed by atoms with Gasteiger partial charge < -0.3 is 0 Å². The van der Waals surface area contributed by atoms with Crippen molar-refractivity contribution in [1.82, 2.24) is 0 Å². The number of hydrogen-bond acceptors (Lipinski definition) is 0. The van der Waals surface area contributed by atoms with Crippen LogP contribution in [0.1, 0.15) is 7.43 Å². The van der Waals surface area contributed by atoms with Crippen LogP contribution in [-0.2, 0) is 0 Å². The minimum absolute atomic E-state index is 0. The Morgan fingerprint density at radius 2 is 0.284 bits per heavy atom. The number of fused-ring (bicyclic) bond motifs is 3. The highest BCUT2D eigenvalue weighted by molar-refractivity contribution is 6.33. The number of rotatable bonds is 8. The van der Waals surface area contributed by atoms with Crippen molar-refractivity contribution >= 4 is 32.3 Å². The van der Waals surface area contributed by atoms with Gasteiger partial charge in [-0.05, 0) is 121 Å². The van der Waals surface area contributed by atoms with Gasteiger partial charge in [0, 0.05) is 0 Å². The summed E-state index contributed by atoms with van der Waals surface area (Å²) in [4.78, 5) is 0. The fourth-order valence-corrected chi connectivity index (χ4v) is 10.2. The molecule has 0 N–H and O–H groups in total. The lowest BCUT2D eigenvalue weighted by atomic mass is 9.77. The molecule has 0 aromatic heterocycles. The summed E-state index contributed by atoms with van der Waals surface area (Å²) in [6.07, 6.45) is 0. The van der Waals surface area contributed by atoms with E-state index in [-0.39, 0.29) is 7.43 Å². The highest BCUT2D eigenvalue weighted by Gasteiger charge is 2.26. The van der Waals surface area contributed by atoms with Gasteiger partial charge in [-0.15, -0.1) is 0 Å². The van der Waals surface area contributed by atoms with Gasteiger partial charge in [-0.1, -0.05) is 274 Å². The molecule has 0 saturated carbocycles. The molecule has 0 spiro atoms. The lowest BCUT2D eigenvalue weighted by molar-refractivity contribution is 1.58. The van der Waals surface area contributed by atoms with Gasteiger partial charge in [0.15, 0.2) is 0 Å². The van der Waals surface area contributed by atoms with Gasteiger partial charge in [0.1, 0.15) is 0 Å². The molecule has 0 radical (unpaired) electrons. The third kappa shape index (κ3) is 7.49. The molecule has 0 atom stereocenters. The highest BCUT2D eigenvalue weighted by Crippen LogP contribution is 2.53. The molecule has 0 saturated heterocycles. The standard InChI is InChI=1S/C66H44.CH4/c1-5-17-45(18-6-1)47-29-33-49(34-30-47)51-37-41-55(42-38-51)63-59-27-15-16-28-60(59)64(56-43-39-52(40-44-56)50-35-31-48(32-36-50)46-19-7-2-8-20-46)66-62(54-23-11-4-12-24-54)58-26-14-13-25-57(58)61(65(63)66)53-21-9-3-10-22-53;/h1-44H;1H4. The largest absolute Gasteiger partial charge is 0.0776 e. The topological polar surface area (TPSA) is 0 Å². The van der Waals surface area contributed by atoms with Crippen molar-refractivity contribution in [1.29, 1.82) is 0 Å². The molecule has 0 nitrogen and oxygen atoms in total. The van der Waals surface area contributed by atoms with E-state index in [4.69, 9.17) is 0 Å². The van der Waals surface area contributed by atoms with Crippen molar-refractivity contribution in [3.05, 3.63) is 267 Å². The molecule has 0 amide bonds. The predicted octanol–water partition coefficient (Wildman–Crippen LogP) is 19.1. The SMILES string of the molecule is C.c1ccc(-c2ccc(-c3ccc(-c4c5ccccc5c(-c5ccc(-c6ccc(-c7ccccc7)cc6)cc5)c5c(-c6ccccc6)c6ccccc6c(-c6ccccc6)c45)cc3)cc2)cc1. The first-order valence-corrected chi connectivity index (χ1v) is 22.8. The van der Waals surface area contributed by atoms with Crippen LogP contribution < -0.4 is 0 Å². The van der Waals surface area contributed by atoms with E-state index in [1.165, 1.54) is 121 Å². The first kappa shape index (κ1) is 41.1.